The molecule has 13 heterocycles. The number of likely N-dealkylation sites (tertiary alicyclic amines) is 2. The number of fused-ring (bicyclic) bond motifs is 5. The highest BCUT2D eigenvalue weighted by molar-refractivity contribution is 6.11. The van der Waals surface area contributed by atoms with Crippen LogP contribution >= 0.6 is 0 Å². The first-order chi connectivity index (χ1) is 59.4. The monoisotopic (exact) mass is 1680 g/mol. The fraction of sp³-hybridized carbons (Fsp3) is 0.505. The summed E-state index contributed by atoms with van der Waals surface area (Å²) in [7, 11) is 8.79. The number of hydrogen-bond donors (Lipinski definition) is 3. The van der Waals surface area contributed by atoms with Crippen LogP contribution in [0.5, 0.6) is 0 Å². The number of piperidine rings is 5. The van der Waals surface area contributed by atoms with Gasteiger partial charge < -0.3 is 63.1 Å². The number of allylic oxidation sites excluding steroid dienone is 2. The third kappa shape index (κ3) is 19.3. The first-order valence-electron chi connectivity index (χ1n) is 44.0. The van der Waals surface area contributed by atoms with Gasteiger partial charge in [-0.3, -0.25) is 33.9 Å². The van der Waals surface area contributed by atoms with E-state index in [1.54, 1.807) is 35.5 Å². The molecule has 650 valence electrons. The zero-order valence-corrected chi connectivity index (χ0v) is 75.1. The lowest BCUT2D eigenvalue weighted by atomic mass is 9.87. The average Bonchev–Trinajstić information content (AvgIpc) is 0.917. The van der Waals surface area contributed by atoms with Crippen molar-refractivity contribution >= 4 is 73.1 Å². The number of ether oxygens (including phenoxy) is 5. The molecule has 0 aromatic carbocycles. The van der Waals surface area contributed by atoms with Gasteiger partial charge in [0, 0.05) is 154 Å². The Morgan fingerprint density at radius 2 is 0.685 bits per heavy atom. The van der Waals surface area contributed by atoms with Crippen LogP contribution in [0.2, 0.25) is 0 Å². The first-order valence-corrected chi connectivity index (χ1v) is 44.0. The molecule has 2 saturated carbocycles. The minimum Gasteiger partial charge on any atom is -0.378 e. The van der Waals surface area contributed by atoms with Gasteiger partial charge in [-0.25, -0.2) is 15.0 Å². The number of carbonyl (C=O) groups is 2. The SMILES string of the molecule is C#CC1=C(N2CCC(C)(OC)CC2)c2nc(C(C)C)ccc2CC1=O.C#CC1=C(N2CCC(C)(OC)CC2)c2nc(C3CC3)ccc2CC1=O.C#Cc1c(N2CCC(C)(OC)CC2)c2nc(C(C)C)ccc2[nH]c1=O.C#Cc1c(N2CCC(C)(OC)CC2)c2nc(C3CC3)ccc2[nH]c1=O.C#Cc1c(N2CCC(C)(OC)CC2)c2nc(CC)ccc2[nH]c1=O. The minimum absolute atomic E-state index is 0.0178. The molecule has 5 aliphatic heterocycles. The van der Waals surface area contributed by atoms with Gasteiger partial charge in [0.05, 0.1) is 95.5 Å². The smallest absolute Gasteiger partial charge is 0.266 e. The molecule has 8 aromatic rings. The molecule has 0 spiro atoms. The van der Waals surface area contributed by atoms with E-state index in [9.17, 15) is 24.0 Å². The molecule has 0 unspecified atom stereocenters. The van der Waals surface area contributed by atoms with Crippen molar-refractivity contribution < 1.29 is 33.3 Å². The number of aromatic amines is 3. The van der Waals surface area contributed by atoms with E-state index in [0.29, 0.717) is 64.3 Å². The van der Waals surface area contributed by atoms with Crippen LogP contribution in [0.3, 0.4) is 0 Å². The number of H-pyrrole nitrogens is 3. The number of pyridine rings is 8. The van der Waals surface area contributed by atoms with Crippen LogP contribution < -0.4 is 31.4 Å². The van der Waals surface area contributed by atoms with Gasteiger partial charge >= 0.3 is 0 Å². The summed E-state index contributed by atoms with van der Waals surface area (Å²) in [5, 5.41) is 0. The molecule has 8 aromatic heterocycles. The summed E-state index contributed by atoms with van der Waals surface area (Å²) in [6.07, 6.45) is 43.7. The molecule has 4 aliphatic carbocycles. The van der Waals surface area contributed by atoms with Crippen molar-refractivity contribution in [1.82, 2.24) is 49.7 Å². The van der Waals surface area contributed by atoms with E-state index in [4.69, 9.17) is 80.7 Å². The number of carbonyl (C=O) groups excluding carboxylic acids is 2. The standard InChI is InChI=1S/C21H24N2O2.C21H26N2O2.C20H23N3O2.C20H25N3O2.C19H23N3O2/c1-4-16-18(24)13-15-7-8-17(14-5-6-14)22-19(15)20(16)23-11-9-21(2,25-3)10-12-23;1-6-16-18(24)13-15-7-8-17(14(2)3)22-19(15)20(16)23-11-9-21(4,25-5)10-12-23;1-4-14-18(23-11-9-20(2,25-3)10-12-23)17-16(22-19(14)24)8-7-15(21-17)13-5-6-13;1-6-14-18(23-11-9-20(4,25-5)10-12-23)17-16(22-19(14)24)8-7-15(21-17)13(2)3;1-5-13-7-8-15-16(20-13)17(14(6-2)18(23)21-15)22-11-9-19(3,24-4)10-12-22/h1,7-8,14H,5-6,9-13H2,2-3H3;1,7-8,14H,9-13H2,2-5H3;1,7-8,13H,5-6,9-12H2,2-3H3,(H,22,24);1,7-8,13H,9-12H2,2-5H3,(H,22,24);2,7-8H,5,9-12H2,1,3-4H3,(H,21,23). The zero-order chi connectivity index (χ0) is 88.9. The predicted molar refractivity (Wildman–Crippen MR) is 493 cm³/mol. The van der Waals surface area contributed by atoms with Gasteiger partial charge in [0.1, 0.15) is 33.2 Å². The van der Waals surface area contributed by atoms with Crippen LogP contribution in [-0.4, -0.2) is 190 Å². The van der Waals surface area contributed by atoms with Crippen molar-refractivity contribution in [1.29, 1.82) is 0 Å². The maximum absolute atomic E-state index is 12.6. The Labute approximate surface area is 730 Å². The van der Waals surface area contributed by atoms with E-state index in [2.05, 4.69) is 150 Å². The highest BCUT2D eigenvalue weighted by atomic mass is 16.5. The van der Waals surface area contributed by atoms with Crippen LogP contribution in [0.25, 0.3) is 44.5 Å². The number of ketones is 2. The van der Waals surface area contributed by atoms with E-state index in [1.807, 2.05) is 48.5 Å². The van der Waals surface area contributed by atoms with Crippen LogP contribution in [-0.2, 0) is 52.5 Å². The zero-order valence-electron chi connectivity index (χ0n) is 75.1. The number of aryl methyl sites for hydroxylation is 1. The number of anilines is 3. The molecule has 9 aliphatic rings. The largest absolute Gasteiger partial charge is 0.378 e. The third-order valence-corrected chi connectivity index (χ3v) is 27.2. The highest BCUT2D eigenvalue weighted by Gasteiger charge is 2.41. The van der Waals surface area contributed by atoms with Gasteiger partial charge in [0.2, 0.25) is 0 Å². The number of nitrogens with zero attached hydrogens (tertiary/aromatic N) is 10. The van der Waals surface area contributed by atoms with Crippen molar-refractivity contribution in [3.8, 4) is 61.7 Å². The quantitative estimate of drug-likeness (QED) is 0.0806. The van der Waals surface area contributed by atoms with Crippen molar-refractivity contribution in [2.45, 2.75) is 230 Å². The van der Waals surface area contributed by atoms with E-state index in [1.165, 1.54) is 25.7 Å². The van der Waals surface area contributed by atoms with Crippen LogP contribution in [0, 0.1) is 61.7 Å². The van der Waals surface area contributed by atoms with Gasteiger partial charge in [-0.05, 0) is 202 Å². The lowest BCUT2D eigenvalue weighted by Crippen LogP contribution is -2.44. The molecule has 0 radical (unpaired) electrons. The molecular formula is C101H121N13O10. The van der Waals surface area contributed by atoms with E-state index in [-0.39, 0.29) is 56.2 Å². The molecule has 7 fully saturated rings. The molecule has 3 N–H and O–H groups in total. The van der Waals surface area contributed by atoms with Crippen molar-refractivity contribution in [2.24, 2.45) is 0 Å². The maximum atomic E-state index is 12.6. The number of aromatic nitrogens is 8. The Bertz CT molecular complexity index is 5600. The van der Waals surface area contributed by atoms with E-state index in [0.717, 1.165) is 249 Å². The third-order valence-electron chi connectivity index (χ3n) is 27.2. The second kappa shape index (κ2) is 37.7. The molecule has 124 heavy (non-hydrogen) atoms. The Balaban J connectivity index is 0.000000133. The summed E-state index contributed by atoms with van der Waals surface area (Å²) in [5.74, 6) is 14.9. The van der Waals surface area contributed by atoms with Gasteiger partial charge in [-0.15, -0.1) is 32.1 Å². The topological polar surface area (TPSA) is 260 Å². The number of Topliss-reactive ketones (excluding diaryl/α,β-unsaturated/α-hetero) is 2. The molecule has 23 nitrogen and oxygen atoms in total. The minimum atomic E-state index is -0.232. The first kappa shape index (κ1) is 90.5. The van der Waals surface area contributed by atoms with Gasteiger partial charge in [0.15, 0.2) is 11.6 Å². The molecular weight excluding hydrogens is 1560 g/mol. The molecule has 23 heteroatoms. The average molecular weight is 1680 g/mol. The second-order valence-electron chi connectivity index (χ2n) is 36.3. The number of methoxy groups -OCH3 is 5. The number of rotatable bonds is 15. The lowest BCUT2D eigenvalue weighted by molar-refractivity contribution is -0.115. The Morgan fingerprint density at radius 1 is 0.387 bits per heavy atom. The summed E-state index contributed by atoms with van der Waals surface area (Å²) in [5.41, 5.74) is 18.5. The summed E-state index contributed by atoms with van der Waals surface area (Å²) in [4.78, 5) is 106. The van der Waals surface area contributed by atoms with Crippen molar-refractivity contribution in [3.63, 3.8) is 0 Å². The summed E-state index contributed by atoms with van der Waals surface area (Å²) in [6, 6.07) is 19.9. The molecule has 0 bridgehead atoms. The number of terminal acetylenes is 5. The highest BCUT2D eigenvalue weighted by Crippen LogP contribution is 2.45. The fourth-order valence-corrected chi connectivity index (χ4v) is 17.6. The lowest BCUT2D eigenvalue weighted by Gasteiger charge is -2.41. The van der Waals surface area contributed by atoms with Crippen LogP contribution in [0.15, 0.2) is 86.2 Å². The Hall–Kier alpha value is -11.2. The normalized spacial score (nSPS) is 19.3. The maximum Gasteiger partial charge on any atom is 0.266 e. The summed E-state index contributed by atoms with van der Waals surface area (Å²) in [6.45, 7) is 29.2. The van der Waals surface area contributed by atoms with Crippen molar-refractivity contribution in [3.05, 3.63) is 171 Å². The number of nitrogens with one attached hydrogen (secondary N) is 3. The van der Waals surface area contributed by atoms with E-state index < -0.39 is 0 Å². The molecule has 5 saturated heterocycles. The van der Waals surface area contributed by atoms with Crippen LogP contribution in [0.1, 0.15) is 250 Å². The van der Waals surface area contributed by atoms with Gasteiger partial charge in [0.25, 0.3) is 16.7 Å². The van der Waals surface area contributed by atoms with E-state index >= 15 is 0 Å². The molecule has 17 rings (SSSR count). The predicted octanol–water partition coefficient (Wildman–Crippen LogP) is 14.4. The number of hydrogen-bond acceptors (Lipinski definition) is 20. The Morgan fingerprint density at radius 3 is 1.02 bits per heavy atom. The summed E-state index contributed by atoms with van der Waals surface area (Å²) >= 11 is 0. The molecule has 0 amide bonds. The second-order valence-corrected chi connectivity index (χ2v) is 36.3. The Kier molecular flexibility index (Phi) is 27.5. The van der Waals surface area contributed by atoms with Gasteiger partial charge in [-0.2, -0.15) is 0 Å². The molecule has 0 atom stereocenters. The van der Waals surface area contributed by atoms with Gasteiger partial charge in [-0.1, -0.05) is 76.4 Å². The van der Waals surface area contributed by atoms with Crippen molar-refractivity contribution in [2.75, 3.05) is 116 Å². The fourth-order valence-electron chi connectivity index (χ4n) is 17.6. The summed E-state index contributed by atoms with van der Waals surface area (Å²) < 4.78 is 28.2. The van der Waals surface area contributed by atoms with Crippen LogP contribution in [0.4, 0.5) is 17.1 Å².